The smallest absolute Gasteiger partial charge is 0.326 e. The van der Waals surface area contributed by atoms with Gasteiger partial charge < -0.3 is 15.7 Å². The molecule has 0 spiro atoms. The fraction of sp³-hybridized carbons (Fsp3) is 0.462. The van der Waals surface area contributed by atoms with Gasteiger partial charge in [-0.15, -0.1) is 0 Å². The molecule has 6 nitrogen and oxygen atoms in total. The molecule has 0 aliphatic heterocycles. The van der Waals surface area contributed by atoms with Crippen LogP contribution in [0.4, 0.5) is 4.79 Å². The van der Waals surface area contributed by atoms with Crippen LogP contribution in [0.5, 0.6) is 0 Å². The van der Waals surface area contributed by atoms with Crippen LogP contribution in [-0.4, -0.2) is 28.1 Å². The lowest BCUT2D eigenvalue weighted by atomic mass is 10.0. The van der Waals surface area contributed by atoms with Crippen molar-refractivity contribution in [1.29, 1.82) is 0 Å². The van der Waals surface area contributed by atoms with Crippen LogP contribution in [0.3, 0.4) is 0 Å². The average Bonchev–Trinajstić information content (AvgIpc) is 2.36. The summed E-state index contributed by atoms with van der Waals surface area (Å²) in [5, 5.41) is 14.1. The number of aliphatic carboxylic acids is 1. The molecule has 1 heterocycles. The minimum absolute atomic E-state index is 0.196. The van der Waals surface area contributed by atoms with Crippen molar-refractivity contribution >= 4 is 12.0 Å². The molecule has 0 radical (unpaired) electrons. The van der Waals surface area contributed by atoms with Crippen molar-refractivity contribution < 1.29 is 14.7 Å². The van der Waals surface area contributed by atoms with Crippen molar-refractivity contribution in [3.63, 3.8) is 0 Å². The molecule has 1 aromatic rings. The first-order chi connectivity index (χ1) is 8.99. The zero-order valence-electron chi connectivity index (χ0n) is 11.1. The van der Waals surface area contributed by atoms with E-state index in [9.17, 15) is 9.59 Å². The molecule has 0 aromatic carbocycles. The number of aromatic nitrogens is 1. The first-order valence-corrected chi connectivity index (χ1v) is 6.15. The summed E-state index contributed by atoms with van der Waals surface area (Å²) in [7, 11) is 0. The monoisotopic (exact) mass is 265 g/mol. The van der Waals surface area contributed by atoms with Crippen LogP contribution in [0, 0.1) is 5.92 Å². The zero-order valence-corrected chi connectivity index (χ0v) is 11.1. The second-order valence-corrected chi connectivity index (χ2v) is 4.70. The van der Waals surface area contributed by atoms with Gasteiger partial charge in [0, 0.05) is 18.9 Å². The van der Waals surface area contributed by atoms with E-state index in [1.54, 1.807) is 24.5 Å². The Kier molecular flexibility index (Phi) is 5.78. The van der Waals surface area contributed by atoms with Crippen molar-refractivity contribution in [3.8, 4) is 0 Å². The van der Waals surface area contributed by atoms with E-state index < -0.39 is 18.0 Å². The highest BCUT2D eigenvalue weighted by Crippen LogP contribution is 2.04. The maximum absolute atomic E-state index is 11.6. The van der Waals surface area contributed by atoms with Crippen LogP contribution >= 0.6 is 0 Å². The van der Waals surface area contributed by atoms with Gasteiger partial charge in [-0.25, -0.2) is 9.59 Å². The van der Waals surface area contributed by atoms with E-state index in [1.807, 2.05) is 13.8 Å². The van der Waals surface area contributed by atoms with Crippen LogP contribution in [-0.2, 0) is 11.3 Å². The Morgan fingerprint density at radius 2 is 1.95 bits per heavy atom. The number of nitrogens with zero attached hydrogens (tertiary/aromatic N) is 1. The summed E-state index contributed by atoms with van der Waals surface area (Å²) in [6.07, 6.45) is 3.67. The minimum Gasteiger partial charge on any atom is -0.480 e. The van der Waals surface area contributed by atoms with Gasteiger partial charge in [-0.2, -0.15) is 0 Å². The van der Waals surface area contributed by atoms with Gasteiger partial charge in [-0.05, 0) is 30.0 Å². The summed E-state index contributed by atoms with van der Waals surface area (Å²) in [6.45, 7) is 4.15. The van der Waals surface area contributed by atoms with E-state index in [1.165, 1.54) is 0 Å². The van der Waals surface area contributed by atoms with E-state index >= 15 is 0 Å². The molecule has 3 N–H and O–H groups in total. The second kappa shape index (κ2) is 7.35. The number of urea groups is 1. The van der Waals surface area contributed by atoms with Gasteiger partial charge in [0.2, 0.25) is 0 Å². The third-order valence-corrected chi connectivity index (χ3v) is 2.51. The predicted octanol–water partition coefficient (Wildman–Crippen LogP) is 1.38. The number of carboxylic acids is 1. The Labute approximate surface area is 112 Å². The molecule has 1 atom stereocenters. The molecular formula is C13H19N3O3. The van der Waals surface area contributed by atoms with Crippen LogP contribution in [0.2, 0.25) is 0 Å². The Bertz CT molecular complexity index is 420. The molecule has 0 aliphatic carbocycles. The molecule has 0 unspecified atom stereocenters. The maximum Gasteiger partial charge on any atom is 0.326 e. The van der Waals surface area contributed by atoms with Crippen LogP contribution in [0.1, 0.15) is 25.8 Å². The lowest BCUT2D eigenvalue weighted by molar-refractivity contribution is -0.139. The quantitative estimate of drug-likeness (QED) is 0.724. The molecule has 1 aromatic heterocycles. The Morgan fingerprint density at radius 3 is 2.47 bits per heavy atom. The van der Waals surface area contributed by atoms with Crippen molar-refractivity contribution in [2.24, 2.45) is 5.92 Å². The highest BCUT2D eigenvalue weighted by atomic mass is 16.4. The molecule has 6 heteroatoms. The summed E-state index contributed by atoms with van der Waals surface area (Å²) < 4.78 is 0. The number of carbonyl (C=O) groups is 2. The van der Waals surface area contributed by atoms with Gasteiger partial charge in [0.25, 0.3) is 0 Å². The molecule has 0 fully saturated rings. The SMILES string of the molecule is CC(C)C[C@@H](NC(=O)NCc1ccncc1)C(=O)O. The number of hydrogen-bond donors (Lipinski definition) is 3. The van der Waals surface area contributed by atoms with Crippen LogP contribution in [0.15, 0.2) is 24.5 Å². The molecule has 0 bridgehead atoms. The zero-order chi connectivity index (χ0) is 14.3. The van der Waals surface area contributed by atoms with Gasteiger partial charge >= 0.3 is 12.0 Å². The highest BCUT2D eigenvalue weighted by molar-refractivity contribution is 5.82. The second-order valence-electron chi connectivity index (χ2n) is 4.70. The third kappa shape index (κ3) is 5.85. The average molecular weight is 265 g/mol. The molecule has 19 heavy (non-hydrogen) atoms. The summed E-state index contributed by atoms with van der Waals surface area (Å²) in [5.74, 6) is -0.825. The predicted molar refractivity (Wildman–Crippen MR) is 70.5 cm³/mol. The largest absolute Gasteiger partial charge is 0.480 e. The highest BCUT2D eigenvalue weighted by Gasteiger charge is 2.20. The number of hydrogen-bond acceptors (Lipinski definition) is 3. The molecule has 2 amide bonds. The summed E-state index contributed by atoms with van der Waals surface area (Å²) in [6, 6.07) is 2.22. The molecule has 0 saturated heterocycles. The van der Waals surface area contributed by atoms with E-state index in [0.29, 0.717) is 13.0 Å². The van der Waals surface area contributed by atoms with Crippen molar-refractivity contribution in [1.82, 2.24) is 15.6 Å². The maximum atomic E-state index is 11.6. The van der Waals surface area contributed by atoms with E-state index in [0.717, 1.165) is 5.56 Å². The lowest BCUT2D eigenvalue weighted by Crippen LogP contribution is -2.46. The van der Waals surface area contributed by atoms with E-state index in [-0.39, 0.29) is 5.92 Å². The molecular weight excluding hydrogens is 246 g/mol. The molecule has 0 saturated carbocycles. The number of amides is 2. The van der Waals surface area contributed by atoms with Gasteiger partial charge in [-0.3, -0.25) is 4.98 Å². The van der Waals surface area contributed by atoms with Gasteiger partial charge in [0.15, 0.2) is 0 Å². The first-order valence-electron chi connectivity index (χ1n) is 6.15. The minimum atomic E-state index is -1.02. The van der Waals surface area contributed by atoms with Gasteiger partial charge in [0.1, 0.15) is 6.04 Å². The van der Waals surface area contributed by atoms with Crippen LogP contribution < -0.4 is 10.6 Å². The summed E-state index contributed by atoms with van der Waals surface area (Å²) in [5.41, 5.74) is 0.904. The summed E-state index contributed by atoms with van der Waals surface area (Å²) >= 11 is 0. The standard InChI is InChI=1S/C13H19N3O3/c1-9(2)7-11(12(17)18)16-13(19)15-8-10-3-5-14-6-4-10/h3-6,9,11H,7-8H2,1-2H3,(H,17,18)(H2,15,16,19)/t11-/m1/s1. The topological polar surface area (TPSA) is 91.3 Å². The van der Waals surface area contributed by atoms with Gasteiger partial charge in [-0.1, -0.05) is 13.8 Å². The fourth-order valence-corrected chi connectivity index (χ4v) is 1.59. The van der Waals surface area contributed by atoms with Crippen molar-refractivity contribution in [2.45, 2.75) is 32.9 Å². The van der Waals surface area contributed by atoms with E-state index in [2.05, 4.69) is 15.6 Å². The Balaban J connectivity index is 2.42. The summed E-state index contributed by atoms with van der Waals surface area (Å²) in [4.78, 5) is 26.5. The van der Waals surface area contributed by atoms with E-state index in [4.69, 9.17) is 5.11 Å². The number of nitrogens with one attached hydrogen (secondary N) is 2. The van der Waals surface area contributed by atoms with Crippen LogP contribution in [0.25, 0.3) is 0 Å². The lowest BCUT2D eigenvalue weighted by Gasteiger charge is -2.16. The molecule has 0 aliphatic rings. The normalized spacial score (nSPS) is 11.9. The van der Waals surface area contributed by atoms with Crippen molar-refractivity contribution in [3.05, 3.63) is 30.1 Å². The number of carboxylic acid groups (broad SMARTS) is 1. The fourth-order valence-electron chi connectivity index (χ4n) is 1.59. The molecule has 104 valence electrons. The van der Waals surface area contributed by atoms with Crippen molar-refractivity contribution in [2.75, 3.05) is 0 Å². The number of carbonyl (C=O) groups excluding carboxylic acids is 1. The molecule has 1 rings (SSSR count). The Morgan fingerprint density at radius 1 is 1.32 bits per heavy atom. The number of pyridine rings is 1. The Hall–Kier alpha value is -2.11. The van der Waals surface area contributed by atoms with Gasteiger partial charge in [0.05, 0.1) is 0 Å². The third-order valence-electron chi connectivity index (χ3n) is 2.51. The number of rotatable bonds is 6. The first kappa shape index (κ1) is 14.9.